The van der Waals surface area contributed by atoms with Gasteiger partial charge in [0.05, 0.1) is 11.6 Å². The van der Waals surface area contributed by atoms with Crippen molar-refractivity contribution in [3.63, 3.8) is 0 Å². The average Bonchev–Trinajstić information content (AvgIpc) is 2.26. The number of carboxylic acid groups (broad SMARTS) is 1. The molecule has 0 aliphatic heterocycles. The van der Waals surface area contributed by atoms with Gasteiger partial charge in [-0.1, -0.05) is 38.4 Å². The molecular formula is C15H19ClO3. The van der Waals surface area contributed by atoms with Gasteiger partial charge in [0.25, 0.3) is 0 Å². The van der Waals surface area contributed by atoms with E-state index in [0.717, 1.165) is 12.5 Å². The van der Waals surface area contributed by atoms with Crippen molar-refractivity contribution < 1.29 is 14.6 Å². The Hall–Kier alpha value is -1.48. The minimum Gasteiger partial charge on any atom is -0.493 e. The van der Waals surface area contributed by atoms with Gasteiger partial charge in [-0.2, -0.15) is 0 Å². The second kappa shape index (κ2) is 6.62. The van der Waals surface area contributed by atoms with Crippen molar-refractivity contribution in [1.29, 1.82) is 0 Å². The van der Waals surface area contributed by atoms with Crippen LogP contribution in [0.4, 0.5) is 0 Å². The lowest BCUT2D eigenvalue weighted by Gasteiger charge is -2.19. The zero-order valence-electron chi connectivity index (χ0n) is 11.4. The molecule has 1 rings (SSSR count). The zero-order chi connectivity index (χ0) is 14.5. The number of halogens is 1. The monoisotopic (exact) mass is 282 g/mol. The lowest BCUT2D eigenvalue weighted by molar-refractivity contribution is -0.131. The predicted octanol–water partition coefficient (Wildman–Crippen LogP) is 4.25. The van der Waals surface area contributed by atoms with Crippen LogP contribution in [-0.2, 0) is 4.79 Å². The largest absolute Gasteiger partial charge is 0.493 e. The lowest BCUT2D eigenvalue weighted by atomic mass is 9.93. The molecule has 0 saturated carbocycles. The van der Waals surface area contributed by atoms with Crippen LogP contribution in [0.15, 0.2) is 24.3 Å². The van der Waals surface area contributed by atoms with Gasteiger partial charge in [0.15, 0.2) is 0 Å². The fraction of sp³-hybridized carbons (Fsp3) is 0.400. The molecule has 0 aliphatic rings. The van der Waals surface area contributed by atoms with Crippen LogP contribution in [0.5, 0.6) is 5.75 Å². The van der Waals surface area contributed by atoms with Gasteiger partial charge in [0, 0.05) is 11.6 Å². The van der Waals surface area contributed by atoms with E-state index in [1.807, 2.05) is 0 Å². The quantitative estimate of drug-likeness (QED) is 0.821. The minimum atomic E-state index is -1.01. The van der Waals surface area contributed by atoms with Crippen LogP contribution in [0.1, 0.15) is 32.8 Å². The summed E-state index contributed by atoms with van der Waals surface area (Å²) in [6.45, 7) is 6.98. The Kier molecular flexibility index (Phi) is 5.43. The van der Waals surface area contributed by atoms with Gasteiger partial charge >= 0.3 is 5.97 Å². The molecule has 0 fully saturated rings. The molecule has 0 aromatic heterocycles. The number of aliphatic carboxylic acids is 1. The van der Waals surface area contributed by atoms with Crippen LogP contribution in [0.2, 0.25) is 5.02 Å². The molecule has 1 aromatic rings. The van der Waals surface area contributed by atoms with Gasteiger partial charge in [-0.25, -0.2) is 4.79 Å². The summed E-state index contributed by atoms with van der Waals surface area (Å²) < 4.78 is 5.70. The maximum Gasteiger partial charge on any atom is 0.328 e. The van der Waals surface area contributed by atoms with Crippen LogP contribution < -0.4 is 4.74 Å². The number of hydrogen-bond acceptors (Lipinski definition) is 2. The summed E-state index contributed by atoms with van der Waals surface area (Å²) in [5.41, 5.74) is 0.788. The van der Waals surface area contributed by atoms with Crippen LogP contribution >= 0.6 is 11.6 Å². The van der Waals surface area contributed by atoms with Gasteiger partial charge in [0.2, 0.25) is 0 Å². The minimum absolute atomic E-state index is 0.190. The van der Waals surface area contributed by atoms with Crippen molar-refractivity contribution >= 4 is 23.6 Å². The van der Waals surface area contributed by atoms with Gasteiger partial charge in [-0.05, 0) is 30.0 Å². The number of rotatable bonds is 5. The second-order valence-corrected chi connectivity index (χ2v) is 5.89. The van der Waals surface area contributed by atoms with Crippen LogP contribution in [-0.4, -0.2) is 17.7 Å². The summed E-state index contributed by atoms with van der Waals surface area (Å²) in [5.74, 6) is -0.408. The van der Waals surface area contributed by atoms with E-state index in [2.05, 4.69) is 20.8 Å². The third kappa shape index (κ3) is 5.79. The Bertz CT molecular complexity index is 473. The first-order valence-electron chi connectivity index (χ1n) is 6.12. The molecule has 104 valence electrons. The Morgan fingerprint density at radius 3 is 2.68 bits per heavy atom. The van der Waals surface area contributed by atoms with Gasteiger partial charge in [-0.3, -0.25) is 0 Å². The molecule has 0 spiro atoms. The molecule has 0 amide bonds. The molecule has 19 heavy (non-hydrogen) atoms. The highest BCUT2D eigenvalue weighted by atomic mass is 35.5. The fourth-order valence-corrected chi connectivity index (χ4v) is 1.66. The van der Waals surface area contributed by atoms with Crippen molar-refractivity contribution in [2.75, 3.05) is 6.61 Å². The lowest BCUT2D eigenvalue weighted by Crippen LogP contribution is -2.11. The smallest absolute Gasteiger partial charge is 0.328 e. The Morgan fingerprint density at radius 2 is 2.11 bits per heavy atom. The zero-order valence-corrected chi connectivity index (χ0v) is 12.2. The number of benzene rings is 1. The van der Waals surface area contributed by atoms with Crippen LogP contribution in [0.3, 0.4) is 0 Å². The highest BCUT2D eigenvalue weighted by Gasteiger charge is 2.11. The van der Waals surface area contributed by atoms with Crippen molar-refractivity contribution in [3.8, 4) is 5.75 Å². The number of carboxylic acids is 1. The Labute approximate surface area is 118 Å². The van der Waals surface area contributed by atoms with E-state index in [4.69, 9.17) is 21.4 Å². The van der Waals surface area contributed by atoms with E-state index in [-0.39, 0.29) is 5.41 Å². The van der Waals surface area contributed by atoms with Gasteiger partial charge < -0.3 is 9.84 Å². The summed E-state index contributed by atoms with van der Waals surface area (Å²) in [4.78, 5) is 10.6. The third-order valence-corrected chi connectivity index (χ3v) is 2.84. The first-order valence-corrected chi connectivity index (χ1v) is 6.50. The summed E-state index contributed by atoms with van der Waals surface area (Å²) in [7, 11) is 0. The van der Waals surface area contributed by atoms with E-state index >= 15 is 0 Å². The van der Waals surface area contributed by atoms with E-state index < -0.39 is 5.97 Å². The molecule has 1 aromatic carbocycles. The van der Waals surface area contributed by atoms with Gasteiger partial charge in [-0.15, -0.1) is 0 Å². The molecule has 4 heteroatoms. The number of hydrogen-bond donors (Lipinski definition) is 1. The second-order valence-electron chi connectivity index (χ2n) is 5.48. The van der Waals surface area contributed by atoms with Crippen molar-refractivity contribution in [1.82, 2.24) is 0 Å². The molecule has 0 atom stereocenters. The summed E-state index contributed by atoms with van der Waals surface area (Å²) in [6, 6.07) is 5.28. The van der Waals surface area contributed by atoms with Crippen LogP contribution in [0, 0.1) is 5.41 Å². The standard InChI is InChI=1S/C15H19ClO3/c1-15(2,3)9-10-19-13-6-4-5-12(16)11(13)7-8-14(17)18/h4-8H,9-10H2,1-3H3,(H,17,18)/b8-7+. The molecule has 0 heterocycles. The van der Waals surface area contributed by atoms with Gasteiger partial charge in [0.1, 0.15) is 5.75 Å². The van der Waals surface area contributed by atoms with Crippen LogP contribution in [0.25, 0.3) is 6.08 Å². The SMILES string of the molecule is CC(C)(C)CCOc1cccc(Cl)c1/C=C/C(=O)O. The molecule has 0 bridgehead atoms. The van der Waals surface area contributed by atoms with Crippen molar-refractivity contribution in [2.45, 2.75) is 27.2 Å². The molecular weight excluding hydrogens is 264 g/mol. The van der Waals surface area contributed by atoms with E-state index in [0.29, 0.717) is 22.9 Å². The summed E-state index contributed by atoms with van der Waals surface area (Å²) in [6.07, 6.45) is 3.41. The predicted molar refractivity (Wildman–Crippen MR) is 77.7 cm³/mol. The van der Waals surface area contributed by atoms with E-state index in [1.54, 1.807) is 18.2 Å². The van der Waals surface area contributed by atoms with Crippen molar-refractivity contribution in [3.05, 3.63) is 34.9 Å². The number of ether oxygens (including phenoxy) is 1. The fourth-order valence-electron chi connectivity index (χ4n) is 1.43. The summed E-state index contributed by atoms with van der Waals surface area (Å²) >= 11 is 6.06. The first-order chi connectivity index (χ1) is 8.79. The van der Waals surface area contributed by atoms with Crippen molar-refractivity contribution in [2.24, 2.45) is 5.41 Å². The maximum absolute atomic E-state index is 10.6. The molecule has 1 N–H and O–H groups in total. The number of carbonyl (C=O) groups is 1. The Morgan fingerprint density at radius 1 is 1.42 bits per heavy atom. The average molecular weight is 283 g/mol. The Balaban J connectivity index is 2.83. The topological polar surface area (TPSA) is 46.5 Å². The van der Waals surface area contributed by atoms with E-state index in [9.17, 15) is 4.79 Å². The summed E-state index contributed by atoms with van der Waals surface area (Å²) in [5, 5.41) is 9.15. The molecule has 0 aliphatic carbocycles. The maximum atomic E-state index is 10.6. The molecule has 0 radical (unpaired) electrons. The molecule has 0 saturated heterocycles. The third-order valence-electron chi connectivity index (χ3n) is 2.52. The highest BCUT2D eigenvalue weighted by Crippen LogP contribution is 2.28. The molecule has 3 nitrogen and oxygen atoms in total. The normalized spacial score (nSPS) is 11.8. The highest BCUT2D eigenvalue weighted by molar-refractivity contribution is 6.32. The van der Waals surface area contributed by atoms with E-state index in [1.165, 1.54) is 6.08 Å². The first kappa shape index (κ1) is 15.6. The molecule has 0 unspecified atom stereocenters.